The van der Waals surface area contributed by atoms with Crippen LogP contribution in [0.1, 0.15) is 25.0 Å². The zero-order valence-electron chi connectivity index (χ0n) is 28.1. The molecule has 0 saturated carbocycles. The molecule has 0 atom stereocenters. The van der Waals surface area contributed by atoms with Gasteiger partial charge in [0.05, 0.1) is 16.1 Å². The third kappa shape index (κ3) is 6.52. The van der Waals surface area contributed by atoms with Crippen LogP contribution in [0, 0.1) is 12.1 Å². The molecule has 46 heavy (non-hydrogen) atoms. The Kier molecular flexibility index (Phi) is 9.55. The summed E-state index contributed by atoms with van der Waals surface area (Å²) in [5.41, 5.74) is 9.60. The van der Waals surface area contributed by atoms with Gasteiger partial charge in [-0.3, -0.25) is 0 Å². The summed E-state index contributed by atoms with van der Waals surface area (Å²) in [4.78, 5) is 9.14. The van der Waals surface area contributed by atoms with Crippen molar-refractivity contribution in [1.82, 2.24) is 9.97 Å². The predicted molar refractivity (Wildman–Crippen MR) is 198 cm³/mol. The largest absolute Gasteiger partial charge is 0.305 e. The minimum absolute atomic E-state index is 0. The monoisotopic (exact) mass is 811 g/mol. The third-order valence-electron chi connectivity index (χ3n) is 8.96. The molecule has 6 aromatic rings. The Morgan fingerprint density at radius 2 is 1.24 bits per heavy atom. The molecule has 4 aromatic carbocycles. The van der Waals surface area contributed by atoms with E-state index in [1.165, 1.54) is 43.4 Å². The van der Waals surface area contributed by atoms with Crippen LogP contribution in [0.3, 0.4) is 0 Å². The average Bonchev–Trinajstić information content (AvgIpc) is 3.28. The second-order valence-electron chi connectivity index (χ2n) is 14.6. The van der Waals surface area contributed by atoms with Gasteiger partial charge in [-0.2, -0.15) is 0 Å². The summed E-state index contributed by atoms with van der Waals surface area (Å²) in [5.74, 6) is 0. The smallest absolute Gasteiger partial charge is 0.0767 e. The van der Waals surface area contributed by atoms with E-state index in [4.69, 9.17) is 0 Å². The van der Waals surface area contributed by atoms with E-state index in [0.29, 0.717) is 0 Å². The van der Waals surface area contributed by atoms with Gasteiger partial charge in [0.1, 0.15) is 0 Å². The molecule has 2 aromatic heterocycles. The summed E-state index contributed by atoms with van der Waals surface area (Å²) < 4.78 is 0. The minimum Gasteiger partial charge on any atom is -0.305 e. The second-order valence-corrected chi connectivity index (χ2v) is 24.8. The normalized spacial score (nSPS) is 13.2. The Morgan fingerprint density at radius 1 is 0.587 bits per heavy atom. The number of fused-ring (bicyclic) bond motifs is 5. The maximum absolute atomic E-state index is 4.59. The summed E-state index contributed by atoms with van der Waals surface area (Å²) in [6.45, 7) is 18.9. The fourth-order valence-corrected chi connectivity index (χ4v) is 8.81. The molecular formula is C41H42IrN2Si2-2. The van der Waals surface area contributed by atoms with E-state index in [1.807, 2.05) is 36.7 Å². The predicted octanol–water partition coefficient (Wildman–Crippen LogP) is 9.64. The van der Waals surface area contributed by atoms with Crippen molar-refractivity contribution in [3.63, 3.8) is 0 Å². The molecule has 0 N–H and O–H groups in total. The van der Waals surface area contributed by atoms with Crippen molar-refractivity contribution in [2.75, 3.05) is 0 Å². The number of aromatic nitrogens is 2. The first kappa shape index (κ1) is 33.9. The van der Waals surface area contributed by atoms with E-state index in [9.17, 15) is 0 Å². The van der Waals surface area contributed by atoms with Gasteiger partial charge in [0.15, 0.2) is 0 Å². The van der Waals surface area contributed by atoms with Gasteiger partial charge in [-0.25, -0.2) is 0 Å². The topological polar surface area (TPSA) is 25.8 Å². The minimum atomic E-state index is -1.29. The van der Waals surface area contributed by atoms with Crippen molar-refractivity contribution >= 4 is 37.3 Å². The molecule has 5 heteroatoms. The standard InChI is InChI=1S/C24H18N.C17H24NSi2.Ir/c1-24(2)22-17-9-4-3-8-16(17)13-14-19(22)18-10-7-11-20(23(18)24)21-12-5-6-15-25-21;1-19(2,3)15-9-7-8-14(12-15)17-13-16(10-11-18-17)20(4,5)6;/h3-10,12-15H,1-2H3;7,9-13H,1-6H3;/q2*-1;. The average molecular weight is 811 g/mol. The molecule has 0 bridgehead atoms. The third-order valence-corrected chi connectivity index (χ3v) is 13.0. The van der Waals surface area contributed by atoms with Gasteiger partial charge in [-0.05, 0) is 50.8 Å². The molecule has 7 rings (SSSR count). The van der Waals surface area contributed by atoms with Crippen LogP contribution in [0.2, 0.25) is 39.3 Å². The van der Waals surface area contributed by atoms with Gasteiger partial charge in [-0.1, -0.05) is 118 Å². The van der Waals surface area contributed by atoms with Crippen molar-refractivity contribution < 1.29 is 20.1 Å². The number of benzene rings is 4. The van der Waals surface area contributed by atoms with Gasteiger partial charge >= 0.3 is 0 Å². The van der Waals surface area contributed by atoms with Crippen LogP contribution < -0.4 is 10.4 Å². The van der Waals surface area contributed by atoms with Crippen molar-refractivity contribution in [3.8, 4) is 33.6 Å². The van der Waals surface area contributed by atoms with E-state index in [-0.39, 0.29) is 25.5 Å². The Bertz CT molecular complexity index is 1950. The van der Waals surface area contributed by atoms with E-state index in [1.54, 1.807) is 0 Å². The van der Waals surface area contributed by atoms with Gasteiger partial charge in [0.25, 0.3) is 0 Å². The van der Waals surface area contributed by atoms with Crippen LogP contribution in [-0.4, -0.2) is 26.1 Å². The maximum Gasteiger partial charge on any atom is 0.0767 e. The molecular weight excluding hydrogens is 769 g/mol. The van der Waals surface area contributed by atoms with E-state index >= 15 is 0 Å². The molecule has 0 amide bonds. The maximum atomic E-state index is 4.59. The Hall–Kier alpha value is -3.48. The van der Waals surface area contributed by atoms with Gasteiger partial charge in [0, 0.05) is 32.5 Å². The van der Waals surface area contributed by atoms with Gasteiger partial charge in [-0.15, -0.1) is 64.3 Å². The fourth-order valence-electron chi connectivity index (χ4n) is 6.50. The number of pyridine rings is 2. The van der Waals surface area contributed by atoms with Crippen LogP contribution >= 0.6 is 0 Å². The Morgan fingerprint density at radius 3 is 1.96 bits per heavy atom. The van der Waals surface area contributed by atoms with Crippen LogP contribution in [0.4, 0.5) is 0 Å². The van der Waals surface area contributed by atoms with Crippen molar-refractivity contribution in [2.24, 2.45) is 0 Å². The first-order chi connectivity index (χ1) is 21.4. The van der Waals surface area contributed by atoms with E-state index in [2.05, 4.69) is 148 Å². The first-order valence-electron chi connectivity index (χ1n) is 15.8. The van der Waals surface area contributed by atoms with Crippen molar-refractivity contribution in [3.05, 3.63) is 133 Å². The summed E-state index contributed by atoms with van der Waals surface area (Å²) in [7, 11) is -2.58. The summed E-state index contributed by atoms with van der Waals surface area (Å²) in [6, 6.07) is 41.3. The molecule has 0 saturated heterocycles. The molecule has 0 aliphatic heterocycles. The molecule has 1 aliphatic carbocycles. The van der Waals surface area contributed by atoms with Gasteiger partial charge < -0.3 is 9.97 Å². The molecule has 0 spiro atoms. The number of nitrogens with zero attached hydrogens (tertiary/aromatic N) is 2. The zero-order valence-corrected chi connectivity index (χ0v) is 32.5. The van der Waals surface area contributed by atoms with Crippen molar-refractivity contribution in [1.29, 1.82) is 0 Å². The van der Waals surface area contributed by atoms with Gasteiger partial charge in [0.2, 0.25) is 0 Å². The number of hydrogen-bond acceptors (Lipinski definition) is 2. The summed E-state index contributed by atoms with van der Waals surface area (Å²) in [5, 5.41) is 5.56. The van der Waals surface area contributed by atoms with E-state index < -0.39 is 16.1 Å². The summed E-state index contributed by atoms with van der Waals surface area (Å²) in [6.07, 6.45) is 3.80. The molecule has 1 aliphatic rings. The molecule has 0 unspecified atom stereocenters. The second kappa shape index (κ2) is 13.0. The zero-order chi connectivity index (χ0) is 32.0. The van der Waals surface area contributed by atoms with Crippen LogP contribution in [-0.2, 0) is 25.5 Å². The van der Waals surface area contributed by atoms with Crippen molar-refractivity contribution in [2.45, 2.75) is 58.5 Å². The SMILES string of the molecule is CC1(C)c2c(-c3ccccn3)[c-]ccc2-c2ccc3ccccc3c21.C[Si](C)(C)c1cc[c-]c(-c2cc([Si](C)(C)C)ccn2)c1.[Ir]. The Balaban J connectivity index is 0.000000182. The first-order valence-corrected chi connectivity index (χ1v) is 22.8. The fraction of sp³-hybridized carbons (Fsp3) is 0.220. The van der Waals surface area contributed by atoms with Crippen LogP contribution in [0.15, 0.2) is 109 Å². The number of hydrogen-bond donors (Lipinski definition) is 0. The summed E-state index contributed by atoms with van der Waals surface area (Å²) >= 11 is 0. The van der Waals surface area contributed by atoms with Crippen LogP contribution in [0.25, 0.3) is 44.4 Å². The van der Waals surface area contributed by atoms with E-state index in [0.717, 1.165) is 22.5 Å². The molecule has 2 nitrogen and oxygen atoms in total. The van der Waals surface area contributed by atoms with Crippen LogP contribution in [0.5, 0.6) is 0 Å². The molecule has 2 heterocycles. The molecule has 235 valence electrons. The number of rotatable bonds is 4. The molecule has 1 radical (unpaired) electrons. The molecule has 0 fully saturated rings. The Labute approximate surface area is 290 Å². The quantitative estimate of drug-likeness (QED) is 0.131.